The van der Waals surface area contributed by atoms with Crippen LogP contribution in [0.25, 0.3) is 22.2 Å². The third kappa shape index (κ3) is 5.35. The Morgan fingerprint density at radius 3 is 2.58 bits per heavy atom. The number of hydrogen-bond acceptors (Lipinski definition) is 9. The zero-order valence-corrected chi connectivity index (χ0v) is 18.2. The fourth-order valence-electron chi connectivity index (χ4n) is 2.99. The van der Waals surface area contributed by atoms with Gasteiger partial charge in [0.1, 0.15) is 25.1 Å². The van der Waals surface area contributed by atoms with E-state index in [0.29, 0.717) is 22.3 Å². The van der Waals surface area contributed by atoms with Gasteiger partial charge in [0.05, 0.1) is 9.75 Å². The van der Waals surface area contributed by atoms with Crippen LogP contribution in [0, 0.1) is 20.8 Å². The molecule has 0 bridgehead atoms. The van der Waals surface area contributed by atoms with Crippen molar-refractivity contribution in [3.05, 3.63) is 39.8 Å². The molecule has 0 saturated heterocycles. The third-order valence-corrected chi connectivity index (χ3v) is 5.67. The van der Waals surface area contributed by atoms with Crippen LogP contribution in [0.1, 0.15) is 26.4 Å². The Labute approximate surface area is 182 Å². The highest BCUT2D eigenvalue weighted by Gasteiger charge is 2.17. The minimum Gasteiger partial charge on any atom is -0.490 e. The number of ether oxygens (including phenoxy) is 1. The molecule has 9 nitrogen and oxygen atoms in total. The molecular formula is C21H23N3O6S. The Kier molecular flexibility index (Phi) is 7.16. The second kappa shape index (κ2) is 9.82. The summed E-state index contributed by atoms with van der Waals surface area (Å²) in [6.45, 7) is 4.92. The Bertz CT molecular complexity index is 1070. The van der Waals surface area contributed by atoms with Gasteiger partial charge in [0, 0.05) is 12.1 Å². The van der Waals surface area contributed by atoms with Crippen molar-refractivity contribution in [1.29, 1.82) is 0 Å². The minimum atomic E-state index is -0.917. The number of carbonyl (C=O) groups is 2. The van der Waals surface area contributed by atoms with Crippen molar-refractivity contribution >= 4 is 23.5 Å². The number of rotatable bonds is 9. The maximum absolute atomic E-state index is 11.1. The molecule has 1 amide bonds. The van der Waals surface area contributed by atoms with Crippen LogP contribution in [0.4, 0.5) is 0 Å². The standard InChI is InChI=1S/C21H23N3O6S/c1-11-6-16(31-17(11)8-25)21-23-20(24-30-21)14-4-12(2)19(13(3)5-14)29-10-15(27)7-22-18(28)9-26/h4-6,8,15,26-27H,7,9-10H2,1-3H3,(H,22,28)/t15-/m0/s1. The van der Waals surface area contributed by atoms with Crippen LogP contribution in [0.5, 0.6) is 5.75 Å². The van der Waals surface area contributed by atoms with Gasteiger partial charge in [0.2, 0.25) is 11.7 Å². The van der Waals surface area contributed by atoms with Gasteiger partial charge in [-0.15, -0.1) is 11.3 Å². The lowest BCUT2D eigenvalue weighted by molar-refractivity contribution is -0.124. The first kappa shape index (κ1) is 22.6. The first-order valence-corrected chi connectivity index (χ1v) is 10.3. The fraction of sp³-hybridized carbons (Fsp3) is 0.333. The Hall–Kier alpha value is -3.08. The summed E-state index contributed by atoms with van der Waals surface area (Å²) < 4.78 is 11.1. The van der Waals surface area contributed by atoms with Gasteiger partial charge >= 0.3 is 0 Å². The number of hydrogen-bond donors (Lipinski definition) is 3. The van der Waals surface area contributed by atoms with Crippen molar-refractivity contribution < 1.29 is 29.1 Å². The molecule has 0 spiro atoms. The minimum absolute atomic E-state index is 0.0180. The number of benzene rings is 1. The fourth-order valence-corrected chi connectivity index (χ4v) is 3.90. The molecule has 3 aromatic rings. The van der Waals surface area contributed by atoms with Gasteiger partial charge in [0.15, 0.2) is 6.29 Å². The zero-order valence-electron chi connectivity index (χ0n) is 17.3. The maximum Gasteiger partial charge on any atom is 0.268 e. The lowest BCUT2D eigenvalue weighted by atomic mass is 10.1. The molecule has 0 unspecified atom stereocenters. The normalized spacial score (nSPS) is 11.9. The first-order valence-electron chi connectivity index (χ1n) is 9.52. The summed E-state index contributed by atoms with van der Waals surface area (Å²) in [5.74, 6) is 0.818. The molecule has 2 heterocycles. The molecule has 31 heavy (non-hydrogen) atoms. The molecule has 3 N–H and O–H groups in total. The van der Waals surface area contributed by atoms with Crippen LogP contribution >= 0.6 is 11.3 Å². The summed E-state index contributed by atoms with van der Waals surface area (Å²) in [4.78, 5) is 27.9. The summed E-state index contributed by atoms with van der Waals surface area (Å²) in [6, 6.07) is 5.55. The van der Waals surface area contributed by atoms with Gasteiger partial charge in [-0.05, 0) is 55.7 Å². The largest absolute Gasteiger partial charge is 0.490 e. The highest BCUT2D eigenvalue weighted by Crippen LogP contribution is 2.33. The van der Waals surface area contributed by atoms with E-state index in [-0.39, 0.29) is 13.2 Å². The number of carbonyl (C=O) groups excluding carboxylic acids is 2. The molecule has 0 radical (unpaired) electrons. The van der Waals surface area contributed by atoms with Gasteiger partial charge in [-0.2, -0.15) is 4.98 Å². The predicted molar refractivity (Wildman–Crippen MR) is 114 cm³/mol. The van der Waals surface area contributed by atoms with E-state index in [9.17, 15) is 14.7 Å². The van der Waals surface area contributed by atoms with Crippen LogP contribution in [0.3, 0.4) is 0 Å². The maximum atomic E-state index is 11.1. The highest BCUT2D eigenvalue weighted by atomic mass is 32.1. The highest BCUT2D eigenvalue weighted by molar-refractivity contribution is 7.17. The number of nitrogens with zero attached hydrogens (tertiary/aromatic N) is 2. The number of aliphatic hydroxyl groups is 2. The van der Waals surface area contributed by atoms with Gasteiger partial charge in [0.25, 0.3) is 5.89 Å². The van der Waals surface area contributed by atoms with E-state index in [4.69, 9.17) is 14.4 Å². The molecule has 0 aliphatic carbocycles. The van der Waals surface area contributed by atoms with Gasteiger partial charge in [-0.3, -0.25) is 9.59 Å². The summed E-state index contributed by atoms with van der Waals surface area (Å²) in [7, 11) is 0. The average molecular weight is 445 g/mol. The van der Waals surface area contributed by atoms with Crippen LogP contribution in [0.2, 0.25) is 0 Å². The van der Waals surface area contributed by atoms with Crippen molar-refractivity contribution in [3.63, 3.8) is 0 Å². The van der Waals surface area contributed by atoms with E-state index in [2.05, 4.69) is 15.5 Å². The van der Waals surface area contributed by atoms with E-state index >= 15 is 0 Å². The van der Waals surface area contributed by atoms with Crippen LogP contribution < -0.4 is 10.1 Å². The molecular weight excluding hydrogens is 422 g/mol. The Morgan fingerprint density at radius 1 is 1.26 bits per heavy atom. The number of aliphatic hydroxyl groups excluding tert-OH is 2. The molecule has 0 aliphatic heterocycles. The Balaban J connectivity index is 1.72. The number of thiophene rings is 1. The van der Waals surface area contributed by atoms with Gasteiger partial charge in [-0.1, -0.05) is 5.16 Å². The smallest absolute Gasteiger partial charge is 0.268 e. The molecule has 0 fully saturated rings. The number of aryl methyl sites for hydroxylation is 3. The summed E-state index contributed by atoms with van der Waals surface area (Å²) in [5, 5.41) is 25.1. The van der Waals surface area contributed by atoms with Crippen LogP contribution in [-0.4, -0.2) is 58.4 Å². The summed E-state index contributed by atoms with van der Waals surface area (Å²) in [6.07, 6.45) is -0.108. The molecule has 2 aromatic heterocycles. The molecule has 1 atom stereocenters. The number of aromatic nitrogens is 2. The van der Waals surface area contributed by atoms with Crippen molar-refractivity contribution in [2.45, 2.75) is 26.9 Å². The number of aldehydes is 1. The van der Waals surface area contributed by atoms with Crippen molar-refractivity contribution in [2.24, 2.45) is 0 Å². The second-order valence-electron chi connectivity index (χ2n) is 7.07. The zero-order chi connectivity index (χ0) is 22.5. The second-order valence-corrected chi connectivity index (χ2v) is 8.15. The van der Waals surface area contributed by atoms with E-state index in [1.54, 1.807) is 0 Å². The van der Waals surface area contributed by atoms with E-state index in [1.165, 1.54) is 11.3 Å². The number of nitrogens with one attached hydrogen (secondary N) is 1. The summed E-state index contributed by atoms with van der Waals surface area (Å²) >= 11 is 1.30. The molecule has 1 aromatic carbocycles. The quantitative estimate of drug-likeness (QED) is 0.426. The van der Waals surface area contributed by atoms with E-state index in [0.717, 1.165) is 33.4 Å². The van der Waals surface area contributed by atoms with Crippen molar-refractivity contribution in [3.8, 4) is 27.9 Å². The third-order valence-electron chi connectivity index (χ3n) is 4.52. The van der Waals surface area contributed by atoms with Crippen molar-refractivity contribution in [1.82, 2.24) is 15.5 Å². The molecule has 0 saturated carbocycles. The molecule has 164 valence electrons. The first-order chi connectivity index (χ1) is 14.8. The average Bonchev–Trinajstić information content (AvgIpc) is 3.37. The van der Waals surface area contributed by atoms with E-state index < -0.39 is 18.6 Å². The molecule has 0 aliphatic rings. The van der Waals surface area contributed by atoms with Gasteiger partial charge < -0.3 is 24.8 Å². The van der Waals surface area contributed by atoms with Crippen LogP contribution in [0.15, 0.2) is 22.7 Å². The molecule has 10 heteroatoms. The van der Waals surface area contributed by atoms with Crippen molar-refractivity contribution in [2.75, 3.05) is 19.8 Å². The Morgan fingerprint density at radius 2 is 1.97 bits per heavy atom. The van der Waals surface area contributed by atoms with Crippen LogP contribution in [-0.2, 0) is 4.79 Å². The SMILES string of the molecule is Cc1cc(-c2nc(-c3cc(C)c(OC[C@@H](O)CNC(=O)CO)c(C)c3)no2)sc1C=O. The van der Waals surface area contributed by atoms with E-state index in [1.807, 2.05) is 39.0 Å². The lowest BCUT2D eigenvalue weighted by Gasteiger charge is -2.16. The van der Waals surface area contributed by atoms with Gasteiger partial charge in [-0.25, -0.2) is 0 Å². The lowest BCUT2D eigenvalue weighted by Crippen LogP contribution is -2.36. The molecule has 3 rings (SSSR count). The number of amides is 1. The predicted octanol–water partition coefficient (Wildman–Crippen LogP) is 2.05. The topological polar surface area (TPSA) is 135 Å². The monoisotopic (exact) mass is 445 g/mol. The summed E-state index contributed by atoms with van der Waals surface area (Å²) in [5.41, 5.74) is 3.25.